The fourth-order valence-corrected chi connectivity index (χ4v) is 7.75. The van der Waals surface area contributed by atoms with E-state index in [4.69, 9.17) is 19.2 Å². The van der Waals surface area contributed by atoms with Gasteiger partial charge in [-0.1, -0.05) is 39.5 Å². The van der Waals surface area contributed by atoms with Crippen molar-refractivity contribution in [1.82, 2.24) is 5.32 Å². The number of amides is 1. The summed E-state index contributed by atoms with van der Waals surface area (Å²) in [6, 6.07) is 1.25. The Morgan fingerprint density at radius 2 is 1.87 bits per heavy atom. The number of carbonyl (C=O) groups excluding carboxylic acids is 1. The Bertz CT molecular complexity index is 669. The van der Waals surface area contributed by atoms with E-state index in [1.54, 1.807) is 0 Å². The second-order valence-corrected chi connectivity index (χ2v) is 17.6. The van der Waals surface area contributed by atoms with E-state index in [0.29, 0.717) is 30.1 Å². The summed E-state index contributed by atoms with van der Waals surface area (Å²) in [6.07, 6.45) is 6.09. The van der Waals surface area contributed by atoms with Gasteiger partial charge in [0.25, 0.3) is 0 Å². The molecule has 2 bridgehead atoms. The van der Waals surface area contributed by atoms with Gasteiger partial charge in [-0.15, -0.1) is 0 Å². The maximum Gasteiger partial charge on any atom is 0.220 e. The van der Waals surface area contributed by atoms with Gasteiger partial charge in [0, 0.05) is 33.4 Å². The van der Waals surface area contributed by atoms with Gasteiger partial charge in [-0.2, -0.15) is 0 Å². The van der Waals surface area contributed by atoms with Crippen molar-refractivity contribution in [2.45, 2.75) is 115 Å². The van der Waals surface area contributed by atoms with Crippen LogP contribution in [0.15, 0.2) is 0 Å². The van der Waals surface area contributed by atoms with Crippen LogP contribution >= 0.6 is 0 Å². The zero-order valence-corrected chi connectivity index (χ0v) is 21.4. The van der Waals surface area contributed by atoms with Crippen molar-refractivity contribution < 1.29 is 24.0 Å². The van der Waals surface area contributed by atoms with Gasteiger partial charge in [-0.3, -0.25) is 4.79 Å². The smallest absolute Gasteiger partial charge is 0.220 e. The van der Waals surface area contributed by atoms with Gasteiger partial charge in [0.2, 0.25) is 11.7 Å². The van der Waals surface area contributed by atoms with Crippen LogP contribution in [-0.4, -0.2) is 44.3 Å². The fraction of sp³-hybridized carbons (Fsp3) is 0.958. The molecule has 0 radical (unpaired) electrons. The molecule has 1 amide bonds. The molecule has 1 spiro atoms. The highest BCUT2D eigenvalue weighted by atomic mass is 28.3. The zero-order valence-electron chi connectivity index (χ0n) is 20.4. The molecule has 0 aromatic carbocycles. The quantitative estimate of drug-likeness (QED) is 0.339. The van der Waals surface area contributed by atoms with E-state index >= 15 is 0 Å². The first-order valence-corrected chi connectivity index (χ1v) is 16.2. The van der Waals surface area contributed by atoms with Crippen molar-refractivity contribution in [2.24, 2.45) is 23.7 Å². The van der Waals surface area contributed by atoms with E-state index in [1.807, 2.05) is 6.92 Å². The Balaban J connectivity index is 1.38. The Morgan fingerprint density at radius 1 is 1.10 bits per heavy atom. The second-order valence-electron chi connectivity index (χ2n) is 12.0. The highest BCUT2D eigenvalue weighted by Crippen LogP contribution is 2.60. The van der Waals surface area contributed by atoms with E-state index in [9.17, 15) is 4.79 Å². The molecular formula is C24H43NO5Si. The predicted octanol–water partition coefficient (Wildman–Crippen LogP) is 4.86. The van der Waals surface area contributed by atoms with Crippen LogP contribution in [0.3, 0.4) is 0 Å². The lowest BCUT2D eigenvalue weighted by Gasteiger charge is -2.60. The summed E-state index contributed by atoms with van der Waals surface area (Å²) in [6.45, 7) is 14.5. The molecule has 1 saturated carbocycles. The van der Waals surface area contributed by atoms with Crippen LogP contribution in [0.5, 0.6) is 0 Å². The molecule has 6 nitrogen and oxygen atoms in total. The normalized spacial score (nSPS) is 44.5. The fourth-order valence-electron chi connectivity index (χ4n) is 6.52. The van der Waals surface area contributed by atoms with Crippen molar-refractivity contribution >= 4 is 14.0 Å². The van der Waals surface area contributed by atoms with Gasteiger partial charge in [-0.05, 0) is 56.8 Å². The van der Waals surface area contributed by atoms with Crippen molar-refractivity contribution in [1.29, 1.82) is 0 Å². The lowest BCUT2D eigenvalue weighted by Crippen LogP contribution is -2.70. The number of hydrogen-bond acceptors (Lipinski definition) is 5. The van der Waals surface area contributed by atoms with E-state index in [-0.39, 0.29) is 12.0 Å². The molecule has 4 aliphatic heterocycles. The van der Waals surface area contributed by atoms with Crippen LogP contribution in [-0.2, 0) is 24.0 Å². The van der Waals surface area contributed by atoms with Crippen LogP contribution in [0.4, 0.5) is 0 Å². The molecule has 5 rings (SSSR count). The van der Waals surface area contributed by atoms with Crippen LogP contribution in [0.25, 0.3) is 0 Å². The van der Waals surface area contributed by atoms with Crippen LogP contribution < -0.4 is 5.32 Å². The number of fused-ring (bicyclic) bond motifs is 2. The Hall–Kier alpha value is -0.473. The van der Waals surface area contributed by atoms with E-state index in [1.165, 1.54) is 12.5 Å². The monoisotopic (exact) mass is 453 g/mol. The highest BCUT2D eigenvalue weighted by molar-refractivity contribution is 6.76. The number of hydrogen-bond donors (Lipinski definition) is 1. The average Bonchev–Trinajstić information content (AvgIpc) is 2.92. The summed E-state index contributed by atoms with van der Waals surface area (Å²) >= 11 is 0. The second kappa shape index (κ2) is 8.71. The maximum atomic E-state index is 12.5. The third kappa shape index (κ3) is 4.63. The summed E-state index contributed by atoms with van der Waals surface area (Å²) in [5.41, 5.74) is -0.511. The summed E-state index contributed by atoms with van der Waals surface area (Å²) < 4.78 is 13.0. The molecule has 7 heteroatoms. The average molecular weight is 454 g/mol. The number of rotatable bonds is 7. The standard InChI is InChI=1S/C24H43NO5Si/c1-16-8-9-19-17(2)20(10-11-21(26)25-14-7-15-31(4,5)6)27-22-24(19)18(16)12-13-23(3,28-22)29-30-24/h16-20,22H,7-15H2,1-6H3,(H,25,26). The molecule has 1 aliphatic carbocycles. The number of carbonyl (C=O) groups is 1. The van der Waals surface area contributed by atoms with E-state index in [2.05, 4.69) is 38.8 Å². The van der Waals surface area contributed by atoms with Gasteiger partial charge < -0.3 is 14.8 Å². The van der Waals surface area contributed by atoms with Crippen LogP contribution in [0.2, 0.25) is 25.7 Å². The van der Waals surface area contributed by atoms with Gasteiger partial charge in [-0.25, -0.2) is 9.78 Å². The highest BCUT2D eigenvalue weighted by Gasteiger charge is 2.69. The molecule has 0 aromatic heterocycles. The SMILES string of the molecule is CC1CCC2C(C)C(CCC(=O)NCCC[Si](C)(C)C)OC3OC4(C)CCC1C32OO4. The van der Waals surface area contributed by atoms with Gasteiger partial charge in [0.1, 0.15) is 0 Å². The lowest BCUT2D eigenvalue weighted by molar-refractivity contribution is -0.571. The topological polar surface area (TPSA) is 66.0 Å². The summed E-state index contributed by atoms with van der Waals surface area (Å²) in [5.74, 6) is 0.993. The number of ether oxygens (including phenoxy) is 2. The molecule has 8 atom stereocenters. The van der Waals surface area contributed by atoms with Gasteiger partial charge in [0.15, 0.2) is 11.9 Å². The first kappa shape index (κ1) is 23.7. The largest absolute Gasteiger partial charge is 0.356 e. The van der Waals surface area contributed by atoms with Crippen molar-refractivity contribution in [2.75, 3.05) is 6.54 Å². The predicted molar refractivity (Wildman–Crippen MR) is 122 cm³/mol. The lowest BCUT2D eigenvalue weighted by atomic mass is 9.57. The molecule has 5 aliphatic rings. The minimum Gasteiger partial charge on any atom is -0.356 e. The third-order valence-corrected chi connectivity index (χ3v) is 10.2. The molecule has 5 fully saturated rings. The van der Waals surface area contributed by atoms with E-state index < -0.39 is 25.8 Å². The maximum absolute atomic E-state index is 12.5. The Morgan fingerprint density at radius 3 is 2.61 bits per heavy atom. The molecule has 31 heavy (non-hydrogen) atoms. The summed E-state index contributed by atoms with van der Waals surface area (Å²) in [5, 5.41) is 3.11. The summed E-state index contributed by atoms with van der Waals surface area (Å²) in [4.78, 5) is 24.5. The van der Waals surface area contributed by atoms with Crippen molar-refractivity contribution in [3.8, 4) is 0 Å². The summed E-state index contributed by atoms with van der Waals surface area (Å²) in [7, 11) is -1.04. The first-order chi connectivity index (χ1) is 14.5. The minimum absolute atomic E-state index is 0.00830. The Labute approximate surface area is 189 Å². The van der Waals surface area contributed by atoms with Crippen LogP contribution in [0.1, 0.15) is 65.7 Å². The molecular weight excluding hydrogens is 410 g/mol. The first-order valence-electron chi connectivity index (χ1n) is 12.5. The third-order valence-electron chi connectivity index (χ3n) is 8.38. The molecule has 8 unspecified atom stereocenters. The zero-order chi connectivity index (χ0) is 22.4. The van der Waals surface area contributed by atoms with Gasteiger partial charge >= 0.3 is 0 Å². The number of nitrogens with one attached hydrogen (secondary N) is 1. The molecule has 1 N–H and O–H groups in total. The molecule has 4 heterocycles. The van der Waals surface area contributed by atoms with E-state index in [0.717, 1.165) is 38.6 Å². The minimum atomic E-state index is -1.04. The van der Waals surface area contributed by atoms with Crippen molar-refractivity contribution in [3.63, 3.8) is 0 Å². The van der Waals surface area contributed by atoms with Crippen molar-refractivity contribution in [3.05, 3.63) is 0 Å². The molecule has 4 saturated heterocycles. The van der Waals surface area contributed by atoms with Gasteiger partial charge in [0.05, 0.1) is 6.10 Å². The van der Waals surface area contributed by atoms with Crippen LogP contribution in [0, 0.1) is 23.7 Å². The Kier molecular flexibility index (Phi) is 6.65. The molecule has 178 valence electrons. The molecule has 0 aromatic rings.